The fourth-order valence-electron chi connectivity index (χ4n) is 3.85. The van der Waals surface area contributed by atoms with Crippen LogP contribution < -0.4 is 5.32 Å². The molecule has 160 valence electrons. The molecule has 1 N–H and O–H groups in total. The Bertz CT molecular complexity index is 1050. The highest BCUT2D eigenvalue weighted by Crippen LogP contribution is 2.30. The second-order valence-electron chi connectivity index (χ2n) is 7.94. The molecule has 0 aromatic heterocycles. The van der Waals surface area contributed by atoms with Crippen LogP contribution >= 0.6 is 0 Å². The van der Waals surface area contributed by atoms with Gasteiger partial charge in [-0.15, -0.1) is 0 Å². The maximum Gasteiger partial charge on any atom is 0.338 e. The molecular weight excluding hydrogens is 388 g/mol. The molecular formula is C26H28N2O3. The number of ether oxygens (including phenoxy) is 1. The zero-order valence-electron chi connectivity index (χ0n) is 17.8. The van der Waals surface area contributed by atoms with Gasteiger partial charge in [-0.3, -0.25) is 9.69 Å². The van der Waals surface area contributed by atoms with Crippen LogP contribution in [0.1, 0.15) is 42.1 Å². The average molecular weight is 417 g/mol. The normalized spacial score (nSPS) is 13.4. The first kappa shape index (κ1) is 21.1. The van der Waals surface area contributed by atoms with Gasteiger partial charge in [0.1, 0.15) is 0 Å². The highest BCUT2D eigenvalue weighted by molar-refractivity contribution is 5.93. The van der Waals surface area contributed by atoms with Crippen LogP contribution in [0.4, 0.5) is 5.69 Å². The lowest BCUT2D eigenvalue weighted by Crippen LogP contribution is -2.29. The summed E-state index contributed by atoms with van der Waals surface area (Å²) < 4.78 is 4.99. The predicted octanol–water partition coefficient (Wildman–Crippen LogP) is 5.01. The zero-order valence-corrected chi connectivity index (χ0v) is 17.8. The van der Waals surface area contributed by atoms with Crippen molar-refractivity contribution in [3.63, 3.8) is 0 Å². The Labute approximate surface area is 183 Å². The minimum Gasteiger partial charge on any atom is -0.462 e. The van der Waals surface area contributed by atoms with Crippen LogP contribution in [0.5, 0.6) is 0 Å². The molecule has 5 nitrogen and oxygen atoms in total. The Hall–Kier alpha value is -3.18. The molecule has 1 aliphatic rings. The van der Waals surface area contributed by atoms with Gasteiger partial charge in [0.2, 0.25) is 5.91 Å². The molecule has 0 saturated heterocycles. The van der Waals surface area contributed by atoms with Crippen LogP contribution in [-0.2, 0) is 16.1 Å². The molecule has 0 aliphatic heterocycles. The first-order chi connectivity index (χ1) is 15.1. The smallest absolute Gasteiger partial charge is 0.338 e. The standard InChI is InChI=1S/C26H28N2O3/c1-2-31-26(30)20-10-12-22(13-11-20)27-25(29)16-17-28(23-14-15-23)18-21-8-5-7-19-6-3-4-9-24(19)21/h3-13,23H,2,14-18H2,1H3,(H,27,29). The SMILES string of the molecule is CCOC(=O)c1ccc(NC(=O)CCN(Cc2cccc3ccccc23)C2CC2)cc1. The number of carbonyl (C=O) groups is 2. The number of benzene rings is 3. The number of nitrogens with one attached hydrogen (secondary N) is 1. The summed E-state index contributed by atoms with van der Waals surface area (Å²) in [7, 11) is 0. The molecule has 3 aromatic rings. The number of anilines is 1. The fraction of sp³-hybridized carbons (Fsp3) is 0.308. The number of fused-ring (bicyclic) bond motifs is 1. The van der Waals surface area contributed by atoms with Crippen molar-refractivity contribution in [1.29, 1.82) is 0 Å². The lowest BCUT2D eigenvalue weighted by molar-refractivity contribution is -0.116. The van der Waals surface area contributed by atoms with E-state index in [1.54, 1.807) is 31.2 Å². The maximum absolute atomic E-state index is 12.5. The second kappa shape index (κ2) is 9.75. The summed E-state index contributed by atoms with van der Waals surface area (Å²) in [6, 6.07) is 22.3. The van der Waals surface area contributed by atoms with E-state index in [0.717, 1.165) is 13.1 Å². The first-order valence-electron chi connectivity index (χ1n) is 10.9. The van der Waals surface area contributed by atoms with Crippen molar-refractivity contribution in [3.8, 4) is 0 Å². The number of hydrogen-bond acceptors (Lipinski definition) is 4. The van der Waals surface area contributed by atoms with Crippen molar-refractivity contribution in [2.45, 2.75) is 38.8 Å². The van der Waals surface area contributed by atoms with Crippen LogP contribution in [0.2, 0.25) is 0 Å². The maximum atomic E-state index is 12.5. The van der Waals surface area contributed by atoms with E-state index < -0.39 is 0 Å². The highest BCUT2D eigenvalue weighted by Gasteiger charge is 2.29. The molecule has 1 amide bonds. The molecule has 31 heavy (non-hydrogen) atoms. The van der Waals surface area contributed by atoms with Crippen LogP contribution in [0.15, 0.2) is 66.7 Å². The fourth-order valence-corrected chi connectivity index (χ4v) is 3.85. The van der Waals surface area contributed by atoms with Gasteiger partial charge in [-0.2, -0.15) is 0 Å². The van der Waals surface area contributed by atoms with E-state index in [1.165, 1.54) is 29.2 Å². The number of rotatable bonds is 9. The Morgan fingerprint density at radius 2 is 1.74 bits per heavy atom. The predicted molar refractivity (Wildman–Crippen MR) is 123 cm³/mol. The molecule has 4 rings (SSSR count). The lowest BCUT2D eigenvalue weighted by atomic mass is 10.0. The van der Waals surface area contributed by atoms with E-state index in [-0.39, 0.29) is 11.9 Å². The number of hydrogen-bond donors (Lipinski definition) is 1. The molecule has 1 aliphatic carbocycles. The Kier molecular flexibility index (Phi) is 6.63. The van der Waals surface area contributed by atoms with Gasteiger partial charge < -0.3 is 10.1 Å². The Balaban J connectivity index is 1.34. The molecule has 3 aromatic carbocycles. The topological polar surface area (TPSA) is 58.6 Å². The van der Waals surface area contributed by atoms with Gasteiger partial charge >= 0.3 is 5.97 Å². The summed E-state index contributed by atoms with van der Waals surface area (Å²) >= 11 is 0. The number of carbonyl (C=O) groups excluding carboxylic acids is 2. The van der Waals surface area contributed by atoms with Gasteiger partial charge in [0, 0.05) is 31.2 Å². The highest BCUT2D eigenvalue weighted by atomic mass is 16.5. The molecule has 5 heteroatoms. The van der Waals surface area contributed by atoms with Crippen molar-refractivity contribution in [2.24, 2.45) is 0 Å². The number of esters is 1. The van der Waals surface area contributed by atoms with E-state index in [9.17, 15) is 9.59 Å². The van der Waals surface area contributed by atoms with E-state index in [0.29, 0.717) is 30.3 Å². The van der Waals surface area contributed by atoms with Gasteiger partial charge in [-0.1, -0.05) is 42.5 Å². The summed E-state index contributed by atoms with van der Waals surface area (Å²) in [4.78, 5) is 26.7. The molecule has 0 bridgehead atoms. The van der Waals surface area contributed by atoms with Crippen molar-refractivity contribution >= 4 is 28.3 Å². The van der Waals surface area contributed by atoms with Gasteiger partial charge in [0.15, 0.2) is 0 Å². The van der Waals surface area contributed by atoms with E-state index in [4.69, 9.17) is 4.74 Å². The van der Waals surface area contributed by atoms with Crippen LogP contribution in [0.3, 0.4) is 0 Å². The zero-order chi connectivity index (χ0) is 21.6. The van der Waals surface area contributed by atoms with Crippen molar-refractivity contribution < 1.29 is 14.3 Å². The van der Waals surface area contributed by atoms with Crippen LogP contribution in [-0.4, -0.2) is 36.0 Å². The van der Waals surface area contributed by atoms with E-state index in [1.807, 2.05) is 0 Å². The van der Waals surface area contributed by atoms with Gasteiger partial charge in [-0.05, 0) is 60.4 Å². The van der Waals surface area contributed by atoms with Crippen molar-refractivity contribution in [3.05, 3.63) is 77.9 Å². The Morgan fingerprint density at radius 3 is 2.48 bits per heavy atom. The van der Waals surface area contributed by atoms with E-state index in [2.05, 4.69) is 52.7 Å². The van der Waals surface area contributed by atoms with Gasteiger partial charge in [0.25, 0.3) is 0 Å². The third-order valence-electron chi connectivity index (χ3n) is 5.62. The van der Waals surface area contributed by atoms with E-state index >= 15 is 0 Å². The lowest BCUT2D eigenvalue weighted by Gasteiger charge is -2.22. The third-order valence-corrected chi connectivity index (χ3v) is 5.62. The minimum atomic E-state index is -0.353. The van der Waals surface area contributed by atoms with Gasteiger partial charge in [0.05, 0.1) is 12.2 Å². The van der Waals surface area contributed by atoms with Crippen molar-refractivity contribution in [2.75, 3.05) is 18.5 Å². The molecule has 0 spiro atoms. The molecule has 0 atom stereocenters. The third kappa shape index (κ3) is 5.50. The Morgan fingerprint density at radius 1 is 1.00 bits per heavy atom. The summed E-state index contributed by atoms with van der Waals surface area (Å²) in [5, 5.41) is 5.46. The number of amides is 1. The minimum absolute atomic E-state index is 0.0209. The summed E-state index contributed by atoms with van der Waals surface area (Å²) in [6.45, 7) is 3.69. The summed E-state index contributed by atoms with van der Waals surface area (Å²) in [6.07, 6.45) is 2.82. The molecule has 1 fully saturated rings. The second-order valence-corrected chi connectivity index (χ2v) is 7.94. The number of nitrogens with zero attached hydrogens (tertiary/aromatic N) is 1. The summed E-state index contributed by atoms with van der Waals surface area (Å²) in [5.74, 6) is -0.374. The summed E-state index contributed by atoms with van der Waals surface area (Å²) in [5.41, 5.74) is 2.47. The molecule has 0 radical (unpaired) electrons. The van der Waals surface area contributed by atoms with Gasteiger partial charge in [-0.25, -0.2) is 4.79 Å². The molecule has 0 heterocycles. The average Bonchev–Trinajstić information content (AvgIpc) is 3.63. The van der Waals surface area contributed by atoms with Crippen LogP contribution in [0.25, 0.3) is 10.8 Å². The quantitative estimate of drug-likeness (QED) is 0.498. The molecule has 0 unspecified atom stereocenters. The monoisotopic (exact) mass is 416 g/mol. The molecule has 1 saturated carbocycles. The first-order valence-corrected chi connectivity index (χ1v) is 10.9. The van der Waals surface area contributed by atoms with Crippen molar-refractivity contribution in [1.82, 2.24) is 4.90 Å². The largest absolute Gasteiger partial charge is 0.462 e. The van der Waals surface area contributed by atoms with Crippen LogP contribution in [0, 0.1) is 0 Å².